The van der Waals surface area contributed by atoms with Gasteiger partial charge < -0.3 is 8.85 Å². The first-order valence-corrected chi connectivity index (χ1v) is 24.9. The molecule has 4 heteroatoms. The van der Waals surface area contributed by atoms with E-state index in [0.29, 0.717) is 12.2 Å². The van der Waals surface area contributed by atoms with Crippen molar-refractivity contribution in [1.29, 1.82) is 0 Å². The number of hydrogen-bond donors (Lipinski definition) is 0. The van der Waals surface area contributed by atoms with Gasteiger partial charge in [-0.3, -0.25) is 0 Å². The average Bonchev–Trinajstić information content (AvgIpc) is 3.82. The molecule has 0 aromatic rings. The van der Waals surface area contributed by atoms with Crippen molar-refractivity contribution in [1.82, 2.24) is 0 Å². The molecule has 0 spiro atoms. The zero-order valence-electron chi connectivity index (χ0n) is 27.5. The molecule has 4 bridgehead atoms. The summed E-state index contributed by atoms with van der Waals surface area (Å²) in [4.78, 5) is 0. The predicted molar refractivity (Wildman–Crippen MR) is 179 cm³/mol. The second-order valence-electron chi connectivity index (χ2n) is 18.1. The molecule has 14 atom stereocenters. The minimum atomic E-state index is -1.73. The Morgan fingerprint density at radius 3 is 1.33 bits per heavy atom. The minimum Gasteiger partial charge on any atom is -0.414 e. The van der Waals surface area contributed by atoms with E-state index in [1.807, 2.05) is 0 Å². The lowest BCUT2D eigenvalue weighted by molar-refractivity contribution is 0.0828. The SMILES string of the molecule is C[Si](C)(OC1CC2CCCCC2C1CCC1C(O[Si](C)(C)C2CC3C=CC2C3)CC2CCCCC21)C1CC2C=CC1C2. The summed E-state index contributed by atoms with van der Waals surface area (Å²) in [5, 5.41) is 0. The highest BCUT2D eigenvalue weighted by Crippen LogP contribution is 2.58. The van der Waals surface area contributed by atoms with Crippen LogP contribution in [0.3, 0.4) is 0 Å². The predicted octanol–water partition coefficient (Wildman–Crippen LogP) is 10.5. The van der Waals surface area contributed by atoms with Gasteiger partial charge in [-0.1, -0.05) is 62.8 Å². The molecule has 8 aliphatic rings. The molecule has 6 saturated carbocycles. The van der Waals surface area contributed by atoms with E-state index in [1.54, 1.807) is 0 Å². The lowest BCUT2D eigenvalue weighted by Crippen LogP contribution is -2.44. The normalized spacial score (nSPS) is 49.2. The Morgan fingerprint density at radius 2 is 0.952 bits per heavy atom. The fraction of sp³-hybridized carbons (Fsp3) is 0.895. The van der Waals surface area contributed by atoms with E-state index in [0.717, 1.165) is 70.3 Å². The van der Waals surface area contributed by atoms with Crippen molar-refractivity contribution in [2.75, 3.05) is 0 Å². The second kappa shape index (κ2) is 11.3. The van der Waals surface area contributed by atoms with Gasteiger partial charge in [0.2, 0.25) is 0 Å². The van der Waals surface area contributed by atoms with E-state index in [4.69, 9.17) is 8.85 Å². The van der Waals surface area contributed by atoms with Crippen molar-refractivity contribution in [2.24, 2.45) is 59.2 Å². The molecular weight excluding hydrogens is 545 g/mol. The molecule has 0 N–H and O–H groups in total. The molecule has 8 rings (SSSR count). The van der Waals surface area contributed by atoms with Gasteiger partial charge in [-0.2, -0.15) is 0 Å². The Balaban J connectivity index is 0.985. The van der Waals surface area contributed by atoms with Crippen molar-refractivity contribution < 1.29 is 8.85 Å². The number of allylic oxidation sites excluding steroid dienone is 4. The van der Waals surface area contributed by atoms with E-state index in [-0.39, 0.29) is 0 Å². The Bertz CT molecular complexity index is 968. The molecule has 0 aromatic carbocycles. The van der Waals surface area contributed by atoms with Crippen LogP contribution in [0, 0.1) is 59.2 Å². The van der Waals surface area contributed by atoms with Crippen molar-refractivity contribution in [3.8, 4) is 0 Å². The van der Waals surface area contributed by atoms with Crippen LogP contribution >= 0.6 is 0 Å². The molecule has 14 unspecified atom stereocenters. The van der Waals surface area contributed by atoms with Gasteiger partial charge in [-0.05, 0) is 161 Å². The van der Waals surface area contributed by atoms with E-state index in [9.17, 15) is 0 Å². The van der Waals surface area contributed by atoms with Crippen molar-refractivity contribution in [2.45, 2.75) is 152 Å². The third kappa shape index (κ3) is 5.26. The first kappa shape index (κ1) is 29.2. The van der Waals surface area contributed by atoms with E-state index < -0.39 is 16.6 Å². The molecule has 8 aliphatic carbocycles. The Labute approximate surface area is 260 Å². The molecule has 0 aliphatic heterocycles. The smallest absolute Gasteiger partial charge is 0.190 e. The summed E-state index contributed by atoms with van der Waals surface area (Å²) >= 11 is 0. The third-order valence-electron chi connectivity index (χ3n) is 15.1. The van der Waals surface area contributed by atoms with E-state index >= 15 is 0 Å². The number of fused-ring (bicyclic) bond motifs is 6. The standard InChI is InChI=1S/C38H62O2Si2/c1-41(2,37-21-25-13-15-29(37)19-25)39-35-23-27-9-5-7-11-31(27)33(35)17-18-34-32-12-8-6-10-28(32)24-36(34)40-42(3,4)38-22-26-14-16-30(38)20-26/h13-16,25-38H,5-12,17-24H2,1-4H3. The van der Waals surface area contributed by atoms with Crippen LogP contribution in [-0.2, 0) is 8.85 Å². The largest absolute Gasteiger partial charge is 0.414 e. The monoisotopic (exact) mass is 606 g/mol. The maximum absolute atomic E-state index is 7.54. The summed E-state index contributed by atoms with van der Waals surface area (Å²) in [7, 11) is -3.45. The van der Waals surface area contributed by atoms with Crippen LogP contribution in [0.4, 0.5) is 0 Å². The van der Waals surface area contributed by atoms with Gasteiger partial charge in [0.15, 0.2) is 16.6 Å². The zero-order valence-corrected chi connectivity index (χ0v) is 29.5. The first-order chi connectivity index (χ1) is 20.2. The second-order valence-corrected chi connectivity index (χ2v) is 26.5. The summed E-state index contributed by atoms with van der Waals surface area (Å²) in [5.41, 5.74) is 1.72. The molecule has 0 aromatic heterocycles. The van der Waals surface area contributed by atoms with E-state index in [2.05, 4.69) is 50.5 Å². The summed E-state index contributed by atoms with van der Waals surface area (Å²) in [6.07, 6.45) is 34.5. The summed E-state index contributed by atoms with van der Waals surface area (Å²) in [6, 6.07) is 0. The topological polar surface area (TPSA) is 18.5 Å². The molecule has 0 saturated heterocycles. The minimum absolute atomic E-state index is 0.553. The van der Waals surface area contributed by atoms with Gasteiger partial charge in [0.05, 0.1) is 0 Å². The van der Waals surface area contributed by atoms with Gasteiger partial charge in [-0.15, -0.1) is 0 Å². The number of hydrogen-bond acceptors (Lipinski definition) is 2. The summed E-state index contributed by atoms with van der Waals surface area (Å²) in [5.74, 6) is 8.83. The Kier molecular flexibility index (Phi) is 7.85. The van der Waals surface area contributed by atoms with Gasteiger partial charge in [0.25, 0.3) is 0 Å². The first-order valence-electron chi connectivity index (χ1n) is 19.0. The fourth-order valence-corrected chi connectivity index (χ4v) is 20.0. The lowest BCUT2D eigenvalue weighted by Gasteiger charge is -2.40. The molecule has 0 radical (unpaired) electrons. The Hall–Kier alpha value is -0.166. The molecule has 0 amide bonds. The van der Waals surface area contributed by atoms with Crippen molar-refractivity contribution >= 4 is 16.6 Å². The highest BCUT2D eigenvalue weighted by molar-refractivity contribution is 6.73. The van der Waals surface area contributed by atoms with Gasteiger partial charge >= 0.3 is 0 Å². The molecule has 0 heterocycles. The highest BCUT2D eigenvalue weighted by Gasteiger charge is 2.54. The van der Waals surface area contributed by atoms with Crippen LogP contribution in [0.1, 0.15) is 103 Å². The molecular formula is C38H62O2Si2. The number of rotatable bonds is 9. The Morgan fingerprint density at radius 1 is 0.524 bits per heavy atom. The van der Waals surface area contributed by atoms with Crippen LogP contribution in [-0.4, -0.2) is 28.8 Å². The third-order valence-corrected chi connectivity index (χ3v) is 21.9. The summed E-state index contributed by atoms with van der Waals surface area (Å²) in [6.45, 7) is 10.4. The van der Waals surface area contributed by atoms with Crippen LogP contribution in [0.15, 0.2) is 24.3 Å². The quantitative estimate of drug-likeness (QED) is 0.192. The molecule has 42 heavy (non-hydrogen) atoms. The van der Waals surface area contributed by atoms with Crippen LogP contribution in [0.2, 0.25) is 37.3 Å². The molecule has 234 valence electrons. The van der Waals surface area contributed by atoms with Gasteiger partial charge in [-0.25, -0.2) is 0 Å². The molecule has 2 nitrogen and oxygen atoms in total. The van der Waals surface area contributed by atoms with Crippen LogP contribution < -0.4 is 0 Å². The lowest BCUT2D eigenvalue weighted by atomic mass is 9.73. The van der Waals surface area contributed by atoms with Gasteiger partial charge in [0.1, 0.15) is 0 Å². The van der Waals surface area contributed by atoms with E-state index in [1.165, 1.54) is 103 Å². The highest BCUT2D eigenvalue weighted by atomic mass is 28.4. The van der Waals surface area contributed by atoms with Crippen molar-refractivity contribution in [3.63, 3.8) is 0 Å². The van der Waals surface area contributed by atoms with Crippen molar-refractivity contribution in [3.05, 3.63) is 24.3 Å². The van der Waals surface area contributed by atoms with Gasteiger partial charge in [0, 0.05) is 12.2 Å². The maximum atomic E-state index is 7.54. The molecule has 6 fully saturated rings. The fourth-order valence-electron chi connectivity index (χ4n) is 13.3. The average molecular weight is 607 g/mol. The summed E-state index contributed by atoms with van der Waals surface area (Å²) < 4.78 is 15.1. The van der Waals surface area contributed by atoms with Crippen LogP contribution in [0.5, 0.6) is 0 Å². The van der Waals surface area contributed by atoms with Crippen LogP contribution in [0.25, 0.3) is 0 Å². The maximum Gasteiger partial charge on any atom is 0.190 e. The zero-order chi connectivity index (χ0) is 28.6.